The van der Waals surface area contributed by atoms with Crippen LogP contribution in [-0.4, -0.2) is 47.7 Å². The monoisotopic (exact) mass is 292 g/mol. The summed E-state index contributed by atoms with van der Waals surface area (Å²) in [6.45, 7) is 0.733. The summed E-state index contributed by atoms with van der Waals surface area (Å²) in [5.74, 6) is -0.374. The molecular weight excluding hydrogens is 272 g/mol. The molecule has 21 heavy (non-hydrogen) atoms. The Labute approximate surface area is 123 Å². The lowest BCUT2D eigenvalue weighted by Crippen LogP contribution is -2.48. The molecule has 2 atom stereocenters. The van der Waals surface area contributed by atoms with Crippen molar-refractivity contribution in [2.45, 2.75) is 31.6 Å². The maximum absolute atomic E-state index is 11.8. The van der Waals surface area contributed by atoms with Gasteiger partial charge in [0, 0.05) is 13.6 Å². The quantitative estimate of drug-likeness (QED) is 0.867. The van der Waals surface area contributed by atoms with Gasteiger partial charge in [-0.25, -0.2) is 4.79 Å². The molecule has 0 radical (unpaired) electrons. The van der Waals surface area contributed by atoms with E-state index in [1.807, 2.05) is 30.3 Å². The fourth-order valence-electron chi connectivity index (χ4n) is 2.28. The molecule has 1 unspecified atom stereocenters. The molecule has 0 saturated carbocycles. The van der Waals surface area contributed by atoms with Crippen LogP contribution in [0.2, 0.25) is 0 Å². The Bertz CT molecular complexity index is 492. The van der Waals surface area contributed by atoms with Crippen LogP contribution in [0, 0.1) is 0 Å². The van der Waals surface area contributed by atoms with E-state index in [-0.39, 0.29) is 12.5 Å². The van der Waals surface area contributed by atoms with Crippen LogP contribution in [0.15, 0.2) is 30.3 Å². The summed E-state index contributed by atoms with van der Waals surface area (Å²) >= 11 is 0. The maximum Gasteiger partial charge on any atom is 0.407 e. The smallest absolute Gasteiger partial charge is 0.407 e. The zero-order chi connectivity index (χ0) is 15.2. The van der Waals surface area contributed by atoms with E-state index in [1.165, 1.54) is 4.90 Å². The van der Waals surface area contributed by atoms with Crippen molar-refractivity contribution in [2.24, 2.45) is 0 Å². The summed E-state index contributed by atoms with van der Waals surface area (Å²) < 4.78 is 5.10. The molecule has 1 saturated heterocycles. The zero-order valence-corrected chi connectivity index (χ0v) is 12.0. The first-order valence-electron chi connectivity index (χ1n) is 6.98. The van der Waals surface area contributed by atoms with Gasteiger partial charge in [0.1, 0.15) is 6.61 Å². The molecule has 2 amide bonds. The van der Waals surface area contributed by atoms with Gasteiger partial charge in [-0.05, 0) is 18.4 Å². The second-order valence-corrected chi connectivity index (χ2v) is 5.16. The van der Waals surface area contributed by atoms with Gasteiger partial charge in [0.25, 0.3) is 5.91 Å². The van der Waals surface area contributed by atoms with Crippen LogP contribution in [-0.2, 0) is 16.1 Å². The van der Waals surface area contributed by atoms with E-state index < -0.39 is 18.2 Å². The predicted octanol–water partition coefficient (Wildman–Crippen LogP) is 0.894. The molecule has 6 nitrogen and oxygen atoms in total. The van der Waals surface area contributed by atoms with Crippen molar-refractivity contribution in [3.8, 4) is 0 Å². The van der Waals surface area contributed by atoms with Crippen molar-refractivity contribution < 1.29 is 19.4 Å². The van der Waals surface area contributed by atoms with E-state index in [0.717, 1.165) is 12.0 Å². The zero-order valence-electron chi connectivity index (χ0n) is 12.0. The lowest BCUT2D eigenvalue weighted by atomic mass is 10.1. The number of aliphatic hydroxyl groups excluding tert-OH is 1. The molecule has 1 aliphatic heterocycles. The topological polar surface area (TPSA) is 78.9 Å². The van der Waals surface area contributed by atoms with Crippen LogP contribution in [0.1, 0.15) is 18.4 Å². The SMILES string of the molecule is CN1CCC[C@H](NC(=O)OCc2ccccc2)C(O)C1=O. The average molecular weight is 292 g/mol. The Morgan fingerprint density at radius 2 is 2.14 bits per heavy atom. The van der Waals surface area contributed by atoms with Crippen LogP contribution in [0.25, 0.3) is 0 Å². The minimum absolute atomic E-state index is 0.156. The molecule has 1 fully saturated rings. The summed E-state index contributed by atoms with van der Waals surface area (Å²) in [4.78, 5) is 25.0. The lowest BCUT2D eigenvalue weighted by molar-refractivity contribution is -0.138. The molecule has 0 bridgehead atoms. The molecule has 114 valence electrons. The van der Waals surface area contributed by atoms with Crippen molar-refractivity contribution in [1.82, 2.24) is 10.2 Å². The Balaban J connectivity index is 1.85. The first-order chi connectivity index (χ1) is 10.1. The van der Waals surface area contributed by atoms with E-state index >= 15 is 0 Å². The first-order valence-corrected chi connectivity index (χ1v) is 6.98. The lowest BCUT2D eigenvalue weighted by Gasteiger charge is -2.22. The molecular formula is C15H20N2O4. The number of likely N-dealkylation sites (tertiary alicyclic amines) is 1. The molecule has 1 aliphatic rings. The van der Waals surface area contributed by atoms with E-state index in [9.17, 15) is 14.7 Å². The summed E-state index contributed by atoms with van der Waals surface area (Å²) in [6, 6.07) is 8.71. The van der Waals surface area contributed by atoms with E-state index in [1.54, 1.807) is 7.05 Å². The number of carbonyl (C=O) groups is 2. The van der Waals surface area contributed by atoms with Gasteiger partial charge in [0.2, 0.25) is 0 Å². The van der Waals surface area contributed by atoms with Gasteiger partial charge in [-0.15, -0.1) is 0 Å². The van der Waals surface area contributed by atoms with Crippen molar-refractivity contribution in [3.05, 3.63) is 35.9 Å². The number of hydrogen-bond acceptors (Lipinski definition) is 4. The Morgan fingerprint density at radius 1 is 1.43 bits per heavy atom. The van der Waals surface area contributed by atoms with Crippen molar-refractivity contribution in [1.29, 1.82) is 0 Å². The molecule has 0 aliphatic carbocycles. The largest absolute Gasteiger partial charge is 0.445 e. The van der Waals surface area contributed by atoms with E-state index in [4.69, 9.17) is 4.74 Å². The number of nitrogens with zero attached hydrogens (tertiary/aromatic N) is 1. The van der Waals surface area contributed by atoms with Crippen molar-refractivity contribution >= 4 is 12.0 Å². The number of benzene rings is 1. The number of ether oxygens (including phenoxy) is 1. The molecule has 1 heterocycles. The van der Waals surface area contributed by atoms with Crippen LogP contribution >= 0.6 is 0 Å². The molecule has 2 rings (SSSR count). The van der Waals surface area contributed by atoms with Gasteiger partial charge in [-0.2, -0.15) is 0 Å². The van der Waals surface area contributed by atoms with Gasteiger partial charge in [-0.3, -0.25) is 4.79 Å². The minimum atomic E-state index is -1.22. The van der Waals surface area contributed by atoms with E-state index in [2.05, 4.69) is 5.32 Å². The number of alkyl carbamates (subject to hydrolysis) is 1. The third-order valence-corrected chi connectivity index (χ3v) is 3.54. The number of rotatable bonds is 3. The summed E-state index contributed by atoms with van der Waals surface area (Å²) in [7, 11) is 1.64. The Kier molecular flexibility index (Phi) is 5.16. The molecule has 1 aromatic carbocycles. The van der Waals surface area contributed by atoms with Gasteiger partial charge in [0.05, 0.1) is 6.04 Å². The number of nitrogens with one attached hydrogen (secondary N) is 1. The van der Waals surface area contributed by atoms with Gasteiger partial charge in [-0.1, -0.05) is 30.3 Å². The van der Waals surface area contributed by atoms with Gasteiger partial charge < -0.3 is 20.1 Å². The molecule has 0 aromatic heterocycles. The Hall–Kier alpha value is -2.08. The molecule has 0 spiro atoms. The highest BCUT2D eigenvalue weighted by Gasteiger charge is 2.32. The van der Waals surface area contributed by atoms with Crippen LogP contribution in [0.5, 0.6) is 0 Å². The average Bonchev–Trinajstić information content (AvgIpc) is 2.61. The highest BCUT2D eigenvalue weighted by molar-refractivity contribution is 5.82. The predicted molar refractivity (Wildman–Crippen MR) is 76.4 cm³/mol. The second-order valence-electron chi connectivity index (χ2n) is 5.16. The fraction of sp³-hybridized carbons (Fsp3) is 0.467. The van der Waals surface area contributed by atoms with Crippen LogP contribution in [0.3, 0.4) is 0 Å². The summed E-state index contributed by atoms with van der Waals surface area (Å²) in [6.07, 6.45) is -0.581. The van der Waals surface area contributed by atoms with Gasteiger partial charge >= 0.3 is 6.09 Å². The molecule has 2 N–H and O–H groups in total. The molecule has 1 aromatic rings. The summed E-state index contributed by atoms with van der Waals surface area (Å²) in [5, 5.41) is 12.5. The highest BCUT2D eigenvalue weighted by Crippen LogP contribution is 2.12. The minimum Gasteiger partial charge on any atom is -0.445 e. The second kappa shape index (κ2) is 7.08. The number of likely N-dealkylation sites (N-methyl/N-ethyl adjacent to an activating group) is 1. The van der Waals surface area contributed by atoms with Gasteiger partial charge in [0.15, 0.2) is 6.10 Å². The number of hydrogen-bond donors (Lipinski definition) is 2. The fourth-order valence-corrected chi connectivity index (χ4v) is 2.28. The summed E-state index contributed by atoms with van der Waals surface area (Å²) in [5.41, 5.74) is 0.880. The van der Waals surface area contributed by atoms with Crippen LogP contribution < -0.4 is 5.32 Å². The normalized spacial score (nSPS) is 22.6. The Morgan fingerprint density at radius 3 is 2.86 bits per heavy atom. The number of amides is 2. The number of aliphatic hydroxyl groups is 1. The third-order valence-electron chi connectivity index (χ3n) is 3.54. The maximum atomic E-state index is 11.8. The standard InChI is InChI=1S/C15H20N2O4/c1-17-9-5-8-12(13(18)14(17)19)16-15(20)21-10-11-6-3-2-4-7-11/h2-4,6-7,12-13,18H,5,8-10H2,1H3,(H,16,20)/t12-,13?/m0/s1. The first kappa shape index (κ1) is 15.3. The van der Waals surface area contributed by atoms with Crippen molar-refractivity contribution in [3.63, 3.8) is 0 Å². The van der Waals surface area contributed by atoms with Crippen molar-refractivity contribution in [2.75, 3.05) is 13.6 Å². The third kappa shape index (κ3) is 4.19. The van der Waals surface area contributed by atoms with Crippen LogP contribution in [0.4, 0.5) is 4.79 Å². The highest BCUT2D eigenvalue weighted by atomic mass is 16.5. The molecule has 6 heteroatoms. The number of carbonyl (C=O) groups excluding carboxylic acids is 2. The van der Waals surface area contributed by atoms with E-state index in [0.29, 0.717) is 13.0 Å².